The molecule has 24 heavy (non-hydrogen) atoms. The van der Waals surface area contributed by atoms with Crippen molar-refractivity contribution in [1.29, 1.82) is 0 Å². The second-order valence-electron chi connectivity index (χ2n) is 4.99. The van der Waals surface area contributed by atoms with E-state index in [4.69, 9.17) is 4.42 Å². The Morgan fingerprint density at radius 1 is 1.21 bits per heavy atom. The Morgan fingerprint density at radius 3 is 2.62 bits per heavy atom. The van der Waals surface area contributed by atoms with Gasteiger partial charge in [0.15, 0.2) is 5.92 Å². The highest BCUT2D eigenvalue weighted by Crippen LogP contribution is 2.21. The van der Waals surface area contributed by atoms with Crippen LogP contribution in [-0.2, 0) is 16.1 Å². The number of amides is 4. The van der Waals surface area contributed by atoms with Crippen molar-refractivity contribution in [2.75, 3.05) is 4.90 Å². The van der Waals surface area contributed by atoms with Crippen LogP contribution in [0.5, 0.6) is 0 Å². The molecule has 1 aromatic heterocycles. The van der Waals surface area contributed by atoms with Crippen molar-refractivity contribution in [3.05, 3.63) is 52.0 Å². The second kappa shape index (κ2) is 6.95. The molecule has 1 aromatic carbocycles. The minimum Gasteiger partial charge on any atom is -0.467 e. The number of barbiturate groups is 1. The number of carbonyl (C=O) groups is 3. The zero-order chi connectivity index (χ0) is 17.1. The largest absolute Gasteiger partial charge is 0.467 e. The summed E-state index contributed by atoms with van der Waals surface area (Å²) < 4.78 is 6.10. The Morgan fingerprint density at radius 2 is 1.96 bits per heavy atom. The summed E-state index contributed by atoms with van der Waals surface area (Å²) in [5, 5.41) is 2.18. The number of hydrogen-bond acceptors (Lipinski definition) is 5. The Labute approximate surface area is 150 Å². The second-order valence-corrected chi connectivity index (χ2v) is 6.24. The van der Waals surface area contributed by atoms with Gasteiger partial charge in [-0.25, -0.2) is 9.69 Å². The zero-order valence-electron chi connectivity index (χ0n) is 12.3. The van der Waals surface area contributed by atoms with E-state index in [-0.39, 0.29) is 6.54 Å². The van der Waals surface area contributed by atoms with E-state index in [1.165, 1.54) is 12.5 Å². The lowest BCUT2D eigenvalue weighted by atomic mass is 10.1. The van der Waals surface area contributed by atoms with Crippen molar-refractivity contribution in [2.24, 2.45) is 10.9 Å². The van der Waals surface area contributed by atoms with Gasteiger partial charge in [-0.05, 0) is 59.0 Å². The van der Waals surface area contributed by atoms with E-state index < -0.39 is 23.8 Å². The van der Waals surface area contributed by atoms with Crippen molar-refractivity contribution >= 4 is 52.3 Å². The summed E-state index contributed by atoms with van der Waals surface area (Å²) in [6.45, 7) is 0.210. The average molecular weight is 437 g/mol. The van der Waals surface area contributed by atoms with Crippen LogP contribution in [0.1, 0.15) is 5.76 Å². The summed E-state index contributed by atoms with van der Waals surface area (Å²) in [5.74, 6) is -1.86. The third kappa shape index (κ3) is 3.37. The number of nitrogens with zero attached hydrogens (tertiary/aromatic N) is 2. The van der Waals surface area contributed by atoms with E-state index in [0.29, 0.717) is 11.4 Å². The molecule has 1 aliphatic rings. The van der Waals surface area contributed by atoms with Gasteiger partial charge in [0, 0.05) is 9.78 Å². The number of benzene rings is 1. The van der Waals surface area contributed by atoms with E-state index in [1.807, 2.05) is 0 Å². The van der Waals surface area contributed by atoms with Gasteiger partial charge in [-0.1, -0.05) is 0 Å². The van der Waals surface area contributed by atoms with Gasteiger partial charge in [-0.3, -0.25) is 19.9 Å². The van der Waals surface area contributed by atoms with Crippen LogP contribution < -0.4 is 10.2 Å². The highest BCUT2D eigenvalue weighted by Gasteiger charge is 2.40. The first-order valence-electron chi connectivity index (χ1n) is 7.03. The van der Waals surface area contributed by atoms with Gasteiger partial charge in [0.25, 0.3) is 5.91 Å². The number of halogens is 1. The first-order valence-corrected chi connectivity index (χ1v) is 8.11. The third-order valence-electron chi connectivity index (χ3n) is 3.37. The topological polar surface area (TPSA) is 92.0 Å². The molecule has 7 nitrogen and oxygen atoms in total. The molecule has 0 unspecified atom stereocenters. The quantitative estimate of drug-likeness (QED) is 0.452. The van der Waals surface area contributed by atoms with Gasteiger partial charge in [0.1, 0.15) is 5.76 Å². The van der Waals surface area contributed by atoms with E-state index in [2.05, 4.69) is 32.9 Å². The number of furan rings is 1. The molecule has 1 N–H and O–H groups in total. The minimum absolute atomic E-state index is 0.210. The summed E-state index contributed by atoms with van der Waals surface area (Å²) in [5.41, 5.74) is 0.398. The summed E-state index contributed by atoms with van der Waals surface area (Å²) in [7, 11) is 0. The zero-order valence-corrected chi connectivity index (χ0v) is 14.5. The predicted octanol–water partition coefficient (Wildman–Crippen LogP) is 2.35. The van der Waals surface area contributed by atoms with Gasteiger partial charge < -0.3 is 4.42 Å². The molecule has 2 heterocycles. The van der Waals surface area contributed by atoms with Crippen LogP contribution in [0.4, 0.5) is 10.5 Å². The SMILES string of the molecule is O=C1NC(=O)N(c2ccc(I)cc2)C(=O)[C@H]1C=NCc1ccco1. The van der Waals surface area contributed by atoms with E-state index >= 15 is 0 Å². The van der Waals surface area contributed by atoms with Gasteiger partial charge in [0.2, 0.25) is 5.91 Å². The normalized spacial score (nSPS) is 18.3. The van der Waals surface area contributed by atoms with Crippen molar-refractivity contribution in [3.63, 3.8) is 0 Å². The Balaban J connectivity index is 1.80. The van der Waals surface area contributed by atoms with E-state index in [1.54, 1.807) is 36.4 Å². The number of hydrogen-bond donors (Lipinski definition) is 1. The first kappa shape index (κ1) is 16.4. The third-order valence-corrected chi connectivity index (χ3v) is 4.09. The summed E-state index contributed by atoms with van der Waals surface area (Å²) in [4.78, 5) is 41.5. The molecule has 0 radical (unpaired) electrons. The van der Waals surface area contributed by atoms with Crippen LogP contribution in [0, 0.1) is 9.49 Å². The van der Waals surface area contributed by atoms with Crippen LogP contribution in [0.15, 0.2) is 52.1 Å². The Hall–Kier alpha value is -2.49. The molecule has 0 saturated carbocycles. The fourth-order valence-electron chi connectivity index (χ4n) is 2.21. The van der Waals surface area contributed by atoms with Crippen LogP contribution in [0.3, 0.4) is 0 Å². The van der Waals surface area contributed by atoms with E-state index in [0.717, 1.165) is 8.47 Å². The van der Waals surface area contributed by atoms with Crippen molar-refractivity contribution in [3.8, 4) is 0 Å². The van der Waals surface area contributed by atoms with Crippen molar-refractivity contribution < 1.29 is 18.8 Å². The number of imide groups is 2. The smallest absolute Gasteiger partial charge is 0.335 e. The number of urea groups is 1. The molecule has 122 valence electrons. The number of anilines is 1. The van der Waals surface area contributed by atoms with Crippen LogP contribution >= 0.6 is 22.6 Å². The maximum atomic E-state index is 12.6. The fourth-order valence-corrected chi connectivity index (χ4v) is 2.57. The number of carbonyl (C=O) groups excluding carboxylic acids is 3. The summed E-state index contributed by atoms with van der Waals surface area (Å²) >= 11 is 2.12. The molecule has 0 spiro atoms. The molecule has 8 heteroatoms. The van der Waals surface area contributed by atoms with Gasteiger partial charge in [-0.2, -0.15) is 0 Å². The molecule has 3 rings (SSSR count). The summed E-state index contributed by atoms with van der Waals surface area (Å²) in [6, 6.07) is 9.53. The van der Waals surface area contributed by atoms with E-state index in [9.17, 15) is 14.4 Å². The standard InChI is InChI=1S/C16H12IN3O4/c17-10-3-5-11(6-4-10)20-15(22)13(14(21)19-16(20)23)9-18-8-12-2-1-7-24-12/h1-7,9,13H,8H2,(H,19,21,23)/t13-/m0/s1. The Bertz CT molecular complexity index is 799. The highest BCUT2D eigenvalue weighted by molar-refractivity contribution is 14.1. The van der Waals surface area contributed by atoms with Crippen molar-refractivity contribution in [2.45, 2.75) is 6.54 Å². The molecule has 4 amide bonds. The number of rotatable bonds is 4. The molecule has 1 atom stereocenters. The minimum atomic E-state index is -1.16. The van der Waals surface area contributed by atoms with Gasteiger partial charge in [0.05, 0.1) is 18.5 Å². The highest BCUT2D eigenvalue weighted by atomic mass is 127. The molecule has 1 saturated heterocycles. The molecule has 1 aliphatic heterocycles. The Kier molecular flexibility index (Phi) is 4.74. The lowest BCUT2D eigenvalue weighted by Crippen LogP contribution is -2.58. The molecular formula is C16H12IN3O4. The fraction of sp³-hybridized carbons (Fsp3) is 0.125. The molecule has 2 aromatic rings. The van der Waals surface area contributed by atoms with Gasteiger partial charge >= 0.3 is 6.03 Å². The summed E-state index contributed by atoms with van der Waals surface area (Å²) in [6.07, 6.45) is 2.76. The van der Waals surface area contributed by atoms with Crippen LogP contribution in [-0.4, -0.2) is 24.1 Å². The van der Waals surface area contributed by atoms with Crippen LogP contribution in [0.2, 0.25) is 0 Å². The van der Waals surface area contributed by atoms with Crippen LogP contribution in [0.25, 0.3) is 0 Å². The maximum absolute atomic E-state index is 12.6. The monoisotopic (exact) mass is 437 g/mol. The maximum Gasteiger partial charge on any atom is 0.335 e. The molecule has 1 fully saturated rings. The molecule has 0 aliphatic carbocycles. The average Bonchev–Trinajstić information content (AvgIpc) is 3.05. The van der Waals surface area contributed by atoms with Crippen molar-refractivity contribution in [1.82, 2.24) is 5.32 Å². The predicted molar refractivity (Wildman–Crippen MR) is 94.6 cm³/mol. The van der Waals surface area contributed by atoms with Gasteiger partial charge in [-0.15, -0.1) is 0 Å². The molecule has 0 bridgehead atoms. The lowest BCUT2D eigenvalue weighted by Gasteiger charge is -2.28. The number of aliphatic imine (C=N–C) groups is 1. The molecular weight excluding hydrogens is 425 g/mol. The first-order chi connectivity index (χ1) is 11.6. The lowest BCUT2D eigenvalue weighted by molar-refractivity contribution is -0.131. The number of nitrogens with one attached hydrogen (secondary N) is 1.